The molecule has 0 bridgehead atoms. The van der Waals surface area contributed by atoms with Crippen molar-refractivity contribution in [3.8, 4) is 0 Å². The molecule has 7 nitrogen and oxygen atoms in total. The van der Waals surface area contributed by atoms with Gasteiger partial charge in [-0.3, -0.25) is 5.32 Å². The number of nitrogens with zero attached hydrogens (tertiary/aromatic N) is 2. The zero-order valence-corrected chi connectivity index (χ0v) is 18.0. The molecule has 2 rings (SSSR count). The molecule has 146 valence electrons. The van der Waals surface area contributed by atoms with Crippen LogP contribution < -0.4 is 10.6 Å². The number of methoxy groups -OCH3 is 2. The Balaban J connectivity index is 0.00000338. The van der Waals surface area contributed by atoms with Crippen LogP contribution in [0.3, 0.4) is 0 Å². The molecule has 0 aliphatic carbocycles. The quantitative estimate of drug-likeness (QED) is 0.375. The van der Waals surface area contributed by atoms with Crippen molar-refractivity contribution in [3.63, 3.8) is 0 Å². The number of hydrogen-bond acceptors (Lipinski definition) is 4. The minimum atomic E-state index is -0.472. The van der Waals surface area contributed by atoms with Gasteiger partial charge in [0.05, 0.1) is 20.3 Å². The highest BCUT2D eigenvalue weighted by molar-refractivity contribution is 14.0. The number of rotatable bonds is 6. The fraction of sp³-hybridized carbons (Fsp3) is 0.556. The number of carbonyl (C=O) groups excluding carboxylic acids is 1. The maximum Gasteiger partial charge on any atom is 0.411 e. The van der Waals surface area contributed by atoms with Crippen LogP contribution in [0, 0.1) is 5.92 Å². The molecule has 0 saturated carbocycles. The summed E-state index contributed by atoms with van der Waals surface area (Å²) >= 11 is 0. The van der Waals surface area contributed by atoms with Gasteiger partial charge in [0.2, 0.25) is 0 Å². The number of carbonyl (C=O) groups is 1. The number of ether oxygens (including phenoxy) is 2. The van der Waals surface area contributed by atoms with Crippen molar-refractivity contribution in [2.75, 3.05) is 45.8 Å². The van der Waals surface area contributed by atoms with Crippen LogP contribution in [0.2, 0.25) is 0 Å². The maximum absolute atomic E-state index is 11.2. The second-order valence-electron chi connectivity index (χ2n) is 6.04. The van der Waals surface area contributed by atoms with E-state index < -0.39 is 6.09 Å². The summed E-state index contributed by atoms with van der Waals surface area (Å²) in [5, 5.41) is 6.00. The van der Waals surface area contributed by atoms with Gasteiger partial charge in [-0.1, -0.05) is 12.1 Å². The van der Waals surface area contributed by atoms with E-state index in [1.165, 1.54) is 7.11 Å². The van der Waals surface area contributed by atoms with Crippen molar-refractivity contribution in [1.29, 1.82) is 0 Å². The van der Waals surface area contributed by atoms with Crippen molar-refractivity contribution >= 4 is 41.7 Å². The summed E-state index contributed by atoms with van der Waals surface area (Å²) in [5.41, 5.74) is 1.78. The number of likely N-dealkylation sites (tertiary alicyclic amines) is 1. The van der Waals surface area contributed by atoms with Crippen LogP contribution in [0.15, 0.2) is 29.3 Å². The van der Waals surface area contributed by atoms with Gasteiger partial charge in [-0.05, 0) is 31.0 Å². The molecular formula is C18H29IN4O3. The van der Waals surface area contributed by atoms with Gasteiger partial charge in [-0.25, -0.2) is 9.79 Å². The van der Waals surface area contributed by atoms with Crippen LogP contribution in [-0.4, -0.2) is 57.4 Å². The Kier molecular flexibility index (Phi) is 10.3. The van der Waals surface area contributed by atoms with Crippen molar-refractivity contribution < 1.29 is 14.3 Å². The Hall–Kier alpha value is -1.55. The Morgan fingerprint density at radius 2 is 2.04 bits per heavy atom. The highest BCUT2D eigenvalue weighted by Gasteiger charge is 2.24. The molecule has 1 fully saturated rings. The second kappa shape index (κ2) is 11.9. The largest absolute Gasteiger partial charge is 0.453 e. The number of hydrogen-bond donors (Lipinski definition) is 2. The third-order valence-electron chi connectivity index (χ3n) is 4.12. The SMILES string of the molecule is CCNC(=NCc1ccc(NC(=O)OC)cc1)N1CCC(COC)C1.I. The first kappa shape index (κ1) is 22.5. The van der Waals surface area contributed by atoms with E-state index >= 15 is 0 Å². The highest BCUT2D eigenvalue weighted by Crippen LogP contribution is 2.17. The summed E-state index contributed by atoms with van der Waals surface area (Å²) in [7, 11) is 3.09. The van der Waals surface area contributed by atoms with Crippen LogP contribution >= 0.6 is 24.0 Å². The van der Waals surface area contributed by atoms with E-state index in [1.807, 2.05) is 24.3 Å². The molecule has 1 aliphatic heterocycles. The number of aliphatic imine (C=N–C) groups is 1. The lowest BCUT2D eigenvalue weighted by molar-refractivity contribution is 0.157. The summed E-state index contributed by atoms with van der Waals surface area (Å²) in [6.45, 7) is 6.28. The first-order valence-electron chi connectivity index (χ1n) is 8.62. The van der Waals surface area contributed by atoms with Gasteiger partial charge in [0.25, 0.3) is 0 Å². The zero-order valence-electron chi connectivity index (χ0n) is 15.7. The Labute approximate surface area is 172 Å². The van der Waals surface area contributed by atoms with Gasteiger partial charge in [0.1, 0.15) is 0 Å². The molecule has 8 heteroatoms. The molecule has 1 aromatic carbocycles. The minimum absolute atomic E-state index is 0. The molecule has 0 radical (unpaired) electrons. The number of anilines is 1. The van der Waals surface area contributed by atoms with Gasteiger partial charge >= 0.3 is 6.09 Å². The van der Waals surface area contributed by atoms with Crippen LogP contribution in [0.5, 0.6) is 0 Å². The second-order valence-corrected chi connectivity index (χ2v) is 6.04. The van der Waals surface area contributed by atoms with Crippen LogP contribution in [0.25, 0.3) is 0 Å². The molecule has 1 heterocycles. The Morgan fingerprint density at radius 3 is 2.65 bits per heavy atom. The molecule has 1 atom stereocenters. The Morgan fingerprint density at radius 1 is 1.31 bits per heavy atom. The van der Waals surface area contributed by atoms with Gasteiger partial charge in [-0.2, -0.15) is 0 Å². The predicted molar refractivity (Wildman–Crippen MR) is 114 cm³/mol. The summed E-state index contributed by atoms with van der Waals surface area (Å²) in [5.74, 6) is 1.51. The first-order valence-corrected chi connectivity index (χ1v) is 8.62. The number of guanidine groups is 1. The van der Waals surface area contributed by atoms with Crippen molar-refractivity contribution in [3.05, 3.63) is 29.8 Å². The average molecular weight is 476 g/mol. The van der Waals surface area contributed by atoms with E-state index in [1.54, 1.807) is 7.11 Å². The standard InChI is InChI=1S/C18H28N4O3.HI/c1-4-19-17(22-10-9-15(12-22)13-24-2)20-11-14-5-7-16(8-6-14)21-18(23)25-3;/h5-8,15H,4,9-13H2,1-3H3,(H,19,20)(H,21,23);1H. The lowest BCUT2D eigenvalue weighted by Gasteiger charge is -2.21. The number of nitrogens with one attached hydrogen (secondary N) is 2. The van der Waals surface area contributed by atoms with Gasteiger partial charge < -0.3 is 19.7 Å². The van der Waals surface area contributed by atoms with E-state index in [2.05, 4.69) is 27.2 Å². The molecule has 0 aromatic heterocycles. The average Bonchev–Trinajstić information content (AvgIpc) is 3.08. The smallest absolute Gasteiger partial charge is 0.411 e. The number of amides is 1. The summed E-state index contributed by atoms with van der Waals surface area (Å²) in [6.07, 6.45) is 0.659. The van der Waals surface area contributed by atoms with Crippen LogP contribution in [0.4, 0.5) is 10.5 Å². The fourth-order valence-electron chi connectivity index (χ4n) is 2.85. The molecule has 1 aliphatic rings. The predicted octanol–water partition coefficient (Wildman–Crippen LogP) is 2.92. The van der Waals surface area contributed by atoms with Crippen LogP contribution in [-0.2, 0) is 16.0 Å². The van der Waals surface area contributed by atoms with Crippen LogP contribution in [0.1, 0.15) is 18.9 Å². The molecule has 1 aromatic rings. The van der Waals surface area contributed by atoms with E-state index in [0.717, 1.165) is 44.2 Å². The van der Waals surface area contributed by atoms with Gasteiger partial charge in [-0.15, -0.1) is 24.0 Å². The zero-order chi connectivity index (χ0) is 18.1. The van der Waals surface area contributed by atoms with Crippen molar-refractivity contribution in [2.24, 2.45) is 10.9 Å². The Bertz CT molecular complexity index is 580. The lowest BCUT2D eigenvalue weighted by Crippen LogP contribution is -2.40. The number of benzene rings is 1. The van der Waals surface area contributed by atoms with E-state index in [-0.39, 0.29) is 24.0 Å². The molecule has 1 unspecified atom stereocenters. The van der Waals surface area contributed by atoms with E-state index in [0.29, 0.717) is 18.2 Å². The lowest BCUT2D eigenvalue weighted by atomic mass is 10.1. The molecule has 1 amide bonds. The summed E-state index contributed by atoms with van der Waals surface area (Å²) in [6, 6.07) is 7.60. The molecule has 26 heavy (non-hydrogen) atoms. The highest BCUT2D eigenvalue weighted by atomic mass is 127. The van der Waals surface area contributed by atoms with Gasteiger partial charge in [0.15, 0.2) is 5.96 Å². The normalized spacial score (nSPS) is 16.8. The van der Waals surface area contributed by atoms with Gasteiger partial charge in [0, 0.05) is 38.3 Å². The van der Waals surface area contributed by atoms with E-state index in [9.17, 15) is 4.79 Å². The maximum atomic E-state index is 11.2. The third kappa shape index (κ3) is 6.99. The fourth-order valence-corrected chi connectivity index (χ4v) is 2.85. The van der Waals surface area contributed by atoms with Crippen molar-refractivity contribution in [2.45, 2.75) is 19.9 Å². The molecule has 0 spiro atoms. The molecule has 2 N–H and O–H groups in total. The van der Waals surface area contributed by atoms with Crippen molar-refractivity contribution in [1.82, 2.24) is 10.2 Å². The summed E-state index contributed by atoms with van der Waals surface area (Å²) in [4.78, 5) is 18.2. The topological polar surface area (TPSA) is 75.2 Å². The minimum Gasteiger partial charge on any atom is -0.453 e. The monoisotopic (exact) mass is 476 g/mol. The molecule has 1 saturated heterocycles. The summed E-state index contributed by atoms with van der Waals surface area (Å²) < 4.78 is 9.84. The third-order valence-corrected chi connectivity index (χ3v) is 4.12. The molecular weight excluding hydrogens is 447 g/mol. The first-order chi connectivity index (χ1) is 12.2. The number of halogens is 1. The van der Waals surface area contributed by atoms with E-state index in [4.69, 9.17) is 9.73 Å².